The molecule has 0 unspecified atom stereocenters. The highest BCUT2D eigenvalue weighted by Crippen LogP contribution is 2.24. The van der Waals surface area contributed by atoms with Crippen LogP contribution in [0, 0.1) is 0 Å². The zero-order valence-electron chi connectivity index (χ0n) is 14.7. The van der Waals surface area contributed by atoms with Crippen LogP contribution in [0.25, 0.3) is 0 Å². The topological polar surface area (TPSA) is 79.7 Å². The molecule has 3 rings (SSSR count). The SMILES string of the molecule is CCOC(=O)c1cn([C@@H]2CCCCO2)nc1C(=O)OCc1ccccc1. The third-order valence-electron chi connectivity index (χ3n) is 4.08. The maximum atomic E-state index is 12.5. The van der Waals surface area contributed by atoms with Gasteiger partial charge in [-0.1, -0.05) is 30.3 Å². The Labute approximate surface area is 151 Å². The van der Waals surface area contributed by atoms with Crippen LogP contribution in [-0.2, 0) is 20.8 Å². The van der Waals surface area contributed by atoms with E-state index in [0.717, 1.165) is 24.8 Å². The number of hydrogen-bond donors (Lipinski definition) is 0. The summed E-state index contributed by atoms with van der Waals surface area (Å²) in [5.41, 5.74) is 0.904. The zero-order valence-corrected chi connectivity index (χ0v) is 14.7. The van der Waals surface area contributed by atoms with Crippen molar-refractivity contribution in [3.05, 3.63) is 53.3 Å². The van der Waals surface area contributed by atoms with E-state index >= 15 is 0 Å². The van der Waals surface area contributed by atoms with Crippen LogP contribution in [-0.4, -0.2) is 34.9 Å². The fourth-order valence-electron chi connectivity index (χ4n) is 2.77. The van der Waals surface area contributed by atoms with Gasteiger partial charge in [0.15, 0.2) is 5.69 Å². The molecule has 1 aliphatic rings. The summed E-state index contributed by atoms with van der Waals surface area (Å²) >= 11 is 0. The fourth-order valence-corrected chi connectivity index (χ4v) is 2.77. The Balaban J connectivity index is 1.79. The molecule has 1 atom stereocenters. The molecule has 0 aliphatic carbocycles. The van der Waals surface area contributed by atoms with E-state index in [0.29, 0.717) is 6.61 Å². The van der Waals surface area contributed by atoms with E-state index in [2.05, 4.69) is 5.10 Å². The first kappa shape index (κ1) is 18.1. The van der Waals surface area contributed by atoms with Crippen molar-refractivity contribution in [3.8, 4) is 0 Å². The molecule has 0 bridgehead atoms. The number of hydrogen-bond acceptors (Lipinski definition) is 6. The Kier molecular flexibility index (Phi) is 6.01. The highest BCUT2D eigenvalue weighted by molar-refractivity contribution is 6.01. The van der Waals surface area contributed by atoms with Gasteiger partial charge in [0.25, 0.3) is 0 Å². The first-order valence-electron chi connectivity index (χ1n) is 8.78. The molecular formula is C19H22N2O5. The number of carbonyl (C=O) groups is 2. The largest absolute Gasteiger partial charge is 0.462 e. The molecule has 26 heavy (non-hydrogen) atoms. The number of esters is 2. The van der Waals surface area contributed by atoms with Gasteiger partial charge in [-0.25, -0.2) is 14.3 Å². The second-order valence-electron chi connectivity index (χ2n) is 5.97. The molecule has 0 radical (unpaired) electrons. The third-order valence-corrected chi connectivity index (χ3v) is 4.08. The van der Waals surface area contributed by atoms with Crippen LogP contribution in [0.3, 0.4) is 0 Å². The number of nitrogens with zero attached hydrogens (tertiary/aromatic N) is 2. The van der Waals surface area contributed by atoms with E-state index < -0.39 is 11.9 Å². The van der Waals surface area contributed by atoms with Gasteiger partial charge in [0.1, 0.15) is 18.4 Å². The van der Waals surface area contributed by atoms with Crippen LogP contribution in [0.5, 0.6) is 0 Å². The standard InChI is InChI=1S/C19H22N2O5/c1-2-24-18(22)15-12-21(16-10-6-7-11-25-16)20-17(15)19(23)26-13-14-8-4-3-5-9-14/h3-5,8-9,12,16H,2,6-7,10-11,13H2,1H3/t16-/m0/s1. The quantitative estimate of drug-likeness (QED) is 0.738. The molecule has 2 heterocycles. The average Bonchev–Trinajstić information content (AvgIpc) is 3.13. The second kappa shape index (κ2) is 8.62. The number of carbonyl (C=O) groups excluding carboxylic acids is 2. The lowest BCUT2D eigenvalue weighted by Gasteiger charge is -2.22. The molecule has 1 aromatic heterocycles. The second-order valence-corrected chi connectivity index (χ2v) is 5.97. The first-order chi connectivity index (χ1) is 12.7. The Morgan fingerprint density at radius 2 is 2.00 bits per heavy atom. The maximum Gasteiger partial charge on any atom is 0.360 e. The molecule has 7 nitrogen and oxygen atoms in total. The molecule has 0 amide bonds. The molecule has 1 saturated heterocycles. The lowest BCUT2D eigenvalue weighted by atomic mass is 10.2. The Bertz CT molecular complexity index is 751. The zero-order chi connectivity index (χ0) is 18.4. The van der Waals surface area contributed by atoms with E-state index in [1.807, 2.05) is 30.3 Å². The monoisotopic (exact) mass is 358 g/mol. The van der Waals surface area contributed by atoms with Gasteiger partial charge >= 0.3 is 11.9 Å². The summed E-state index contributed by atoms with van der Waals surface area (Å²) in [6.07, 6.45) is 4.00. The minimum absolute atomic E-state index is 0.0476. The predicted molar refractivity (Wildman–Crippen MR) is 92.6 cm³/mol. The molecule has 1 fully saturated rings. The van der Waals surface area contributed by atoms with Crippen LogP contribution in [0.2, 0.25) is 0 Å². The van der Waals surface area contributed by atoms with Gasteiger partial charge in [-0.3, -0.25) is 0 Å². The van der Waals surface area contributed by atoms with E-state index in [1.54, 1.807) is 6.92 Å². The third kappa shape index (κ3) is 4.29. The lowest BCUT2D eigenvalue weighted by molar-refractivity contribution is -0.0397. The molecule has 0 spiro atoms. The minimum atomic E-state index is -0.661. The van der Waals surface area contributed by atoms with E-state index in [-0.39, 0.29) is 30.7 Å². The summed E-state index contributed by atoms with van der Waals surface area (Å²) in [7, 11) is 0. The van der Waals surface area contributed by atoms with Crippen molar-refractivity contribution in [3.63, 3.8) is 0 Å². The van der Waals surface area contributed by atoms with Gasteiger partial charge in [-0.2, -0.15) is 5.10 Å². The van der Waals surface area contributed by atoms with Gasteiger partial charge in [-0.15, -0.1) is 0 Å². The summed E-state index contributed by atoms with van der Waals surface area (Å²) in [6, 6.07) is 9.32. The van der Waals surface area contributed by atoms with Crippen molar-refractivity contribution in [1.82, 2.24) is 9.78 Å². The van der Waals surface area contributed by atoms with Gasteiger partial charge < -0.3 is 14.2 Å². The Morgan fingerprint density at radius 3 is 2.69 bits per heavy atom. The number of aromatic nitrogens is 2. The van der Waals surface area contributed by atoms with E-state index in [4.69, 9.17) is 14.2 Å². The van der Waals surface area contributed by atoms with Crippen LogP contribution < -0.4 is 0 Å². The summed E-state index contributed by atoms with van der Waals surface area (Å²) in [6.45, 7) is 2.66. The molecule has 7 heteroatoms. The maximum absolute atomic E-state index is 12.5. The number of benzene rings is 1. The average molecular weight is 358 g/mol. The highest BCUT2D eigenvalue weighted by atomic mass is 16.5. The number of rotatable bonds is 6. The van der Waals surface area contributed by atoms with Crippen molar-refractivity contribution < 1.29 is 23.8 Å². The molecule has 2 aromatic rings. The molecule has 1 aromatic carbocycles. The minimum Gasteiger partial charge on any atom is -0.462 e. The number of ether oxygens (including phenoxy) is 3. The molecule has 0 saturated carbocycles. The van der Waals surface area contributed by atoms with E-state index in [9.17, 15) is 9.59 Å². The van der Waals surface area contributed by atoms with Gasteiger partial charge in [-0.05, 0) is 31.7 Å². The van der Waals surface area contributed by atoms with E-state index in [1.165, 1.54) is 10.9 Å². The van der Waals surface area contributed by atoms with Crippen LogP contribution in [0.15, 0.2) is 36.5 Å². The summed E-state index contributed by atoms with van der Waals surface area (Å²) in [5.74, 6) is -1.26. The molecule has 0 N–H and O–H groups in total. The molecular weight excluding hydrogens is 336 g/mol. The van der Waals surface area contributed by atoms with Crippen molar-refractivity contribution >= 4 is 11.9 Å². The van der Waals surface area contributed by atoms with Crippen molar-refractivity contribution in [2.24, 2.45) is 0 Å². The van der Waals surface area contributed by atoms with Crippen molar-refractivity contribution in [1.29, 1.82) is 0 Å². The van der Waals surface area contributed by atoms with Crippen molar-refractivity contribution in [2.45, 2.75) is 39.0 Å². The van der Waals surface area contributed by atoms with Crippen molar-refractivity contribution in [2.75, 3.05) is 13.2 Å². The summed E-state index contributed by atoms with van der Waals surface area (Å²) < 4.78 is 17.6. The Morgan fingerprint density at radius 1 is 1.19 bits per heavy atom. The summed E-state index contributed by atoms with van der Waals surface area (Å²) in [4.78, 5) is 24.7. The highest BCUT2D eigenvalue weighted by Gasteiger charge is 2.27. The normalized spacial score (nSPS) is 16.9. The van der Waals surface area contributed by atoms with Gasteiger partial charge in [0, 0.05) is 12.8 Å². The Hall–Kier alpha value is -2.67. The van der Waals surface area contributed by atoms with Crippen LogP contribution in [0.4, 0.5) is 0 Å². The lowest BCUT2D eigenvalue weighted by Crippen LogP contribution is -2.19. The molecule has 1 aliphatic heterocycles. The first-order valence-corrected chi connectivity index (χ1v) is 8.78. The smallest absolute Gasteiger partial charge is 0.360 e. The van der Waals surface area contributed by atoms with Gasteiger partial charge in [0.05, 0.1) is 6.61 Å². The molecule has 138 valence electrons. The van der Waals surface area contributed by atoms with Crippen LogP contribution in [0.1, 0.15) is 58.8 Å². The van der Waals surface area contributed by atoms with Crippen LogP contribution >= 0.6 is 0 Å². The van der Waals surface area contributed by atoms with Gasteiger partial charge in [0.2, 0.25) is 0 Å². The predicted octanol–water partition coefficient (Wildman–Crippen LogP) is 3.12. The fraction of sp³-hybridized carbons (Fsp3) is 0.421. The summed E-state index contributed by atoms with van der Waals surface area (Å²) in [5, 5.41) is 4.27.